The van der Waals surface area contributed by atoms with Gasteiger partial charge in [0.1, 0.15) is 6.61 Å². The monoisotopic (exact) mass is 466 g/mol. The highest BCUT2D eigenvalue weighted by molar-refractivity contribution is 6.31. The van der Waals surface area contributed by atoms with Gasteiger partial charge in [-0.15, -0.1) is 0 Å². The van der Waals surface area contributed by atoms with Gasteiger partial charge >= 0.3 is 0 Å². The van der Waals surface area contributed by atoms with Crippen LogP contribution >= 0.6 is 11.6 Å². The lowest BCUT2D eigenvalue weighted by molar-refractivity contribution is 0.122. The van der Waals surface area contributed by atoms with Crippen LogP contribution in [0.3, 0.4) is 0 Å². The summed E-state index contributed by atoms with van der Waals surface area (Å²) in [6, 6.07) is 20.5. The molecule has 1 heterocycles. The Balaban J connectivity index is 1.42. The van der Waals surface area contributed by atoms with Crippen LogP contribution in [0.5, 0.6) is 11.5 Å². The fraction of sp³-hybridized carbons (Fsp3) is 0.333. The molecule has 0 aromatic heterocycles. The van der Waals surface area contributed by atoms with E-state index in [9.17, 15) is 0 Å². The van der Waals surface area contributed by atoms with Gasteiger partial charge in [-0.3, -0.25) is 0 Å². The Morgan fingerprint density at radius 1 is 0.939 bits per heavy atom. The first-order chi connectivity index (χ1) is 16.1. The molecule has 0 atom stereocenters. The van der Waals surface area contributed by atoms with E-state index in [-0.39, 0.29) is 0 Å². The third kappa shape index (κ3) is 6.12. The van der Waals surface area contributed by atoms with Crippen molar-refractivity contribution in [1.82, 2.24) is 0 Å². The molecule has 0 saturated carbocycles. The average molecular weight is 467 g/mol. The van der Waals surface area contributed by atoms with E-state index in [0.717, 1.165) is 43.1 Å². The van der Waals surface area contributed by atoms with Crippen LogP contribution in [0.15, 0.2) is 60.7 Å². The summed E-state index contributed by atoms with van der Waals surface area (Å²) in [5, 5.41) is 4.11. The number of nitrogens with one attached hydrogen (secondary N) is 1. The van der Waals surface area contributed by atoms with Gasteiger partial charge < -0.3 is 24.4 Å². The maximum Gasteiger partial charge on any atom is 0.163 e. The van der Waals surface area contributed by atoms with Gasteiger partial charge in [0.15, 0.2) is 11.5 Å². The van der Waals surface area contributed by atoms with Crippen LogP contribution in [0, 0.1) is 6.92 Å². The van der Waals surface area contributed by atoms with E-state index >= 15 is 0 Å². The van der Waals surface area contributed by atoms with Crippen molar-refractivity contribution in [2.24, 2.45) is 0 Å². The Hall–Kier alpha value is -2.89. The summed E-state index contributed by atoms with van der Waals surface area (Å²) < 4.78 is 17.4. The topological polar surface area (TPSA) is 43.0 Å². The average Bonchev–Trinajstić information content (AvgIpc) is 2.85. The van der Waals surface area contributed by atoms with Crippen molar-refractivity contribution in [2.45, 2.75) is 27.0 Å². The van der Waals surface area contributed by atoms with Gasteiger partial charge in [0.25, 0.3) is 0 Å². The molecule has 0 aliphatic carbocycles. The molecule has 33 heavy (non-hydrogen) atoms. The molecule has 0 amide bonds. The lowest BCUT2D eigenvalue weighted by atomic mass is 10.1. The second kappa shape index (κ2) is 11.3. The zero-order chi connectivity index (χ0) is 23.0. The van der Waals surface area contributed by atoms with Crippen LogP contribution in [-0.4, -0.2) is 32.9 Å². The normalized spacial score (nSPS) is 13.6. The standard InChI is InChI=1S/C27H31ClN2O3/c1-3-32-26-16-22(25(28)17-27(26)33-19-21-7-5-4-6-20(21)2)18-29-23-8-10-24(11-9-23)30-12-14-31-15-13-30/h4-11,16-17,29H,3,12-15,18-19H2,1-2H3. The van der Waals surface area contributed by atoms with Crippen LogP contribution in [0.1, 0.15) is 23.6 Å². The largest absolute Gasteiger partial charge is 0.490 e. The highest BCUT2D eigenvalue weighted by Gasteiger charge is 2.13. The first-order valence-electron chi connectivity index (χ1n) is 11.4. The highest BCUT2D eigenvalue weighted by atomic mass is 35.5. The van der Waals surface area contributed by atoms with Crippen LogP contribution < -0.4 is 19.7 Å². The van der Waals surface area contributed by atoms with Gasteiger partial charge in [0.05, 0.1) is 19.8 Å². The molecule has 0 unspecified atom stereocenters. The Bertz CT molecular complexity index is 1050. The van der Waals surface area contributed by atoms with E-state index in [2.05, 4.69) is 53.5 Å². The minimum absolute atomic E-state index is 0.468. The number of halogens is 1. The molecule has 174 valence electrons. The van der Waals surface area contributed by atoms with Crippen LogP contribution in [0.2, 0.25) is 5.02 Å². The first-order valence-corrected chi connectivity index (χ1v) is 11.8. The number of benzene rings is 3. The molecule has 1 saturated heterocycles. The van der Waals surface area contributed by atoms with E-state index < -0.39 is 0 Å². The maximum absolute atomic E-state index is 6.61. The molecule has 0 spiro atoms. The minimum Gasteiger partial charge on any atom is -0.490 e. The summed E-state index contributed by atoms with van der Waals surface area (Å²) in [5.41, 5.74) is 5.56. The van der Waals surface area contributed by atoms with Gasteiger partial charge in [-0.1, -0.05) is 35.9 Å². The Morgan fingerprint density at radius 3 is 2.39 bits per heavy atom. The number of rotatable bonds is 9. The quantitative estimate of drug-likeness (QED) is 0.414. The fourth-order valence-corrected chi connectivity index (χ4v) is 4.05. The molecule has 1 N–H and O–H groups in total. The summed E-state index contributed by atoms with van der Waals surface area (Å²) in [7, 11) is 0. The molecule has 6 heteroatoms. The van der Waals surface area contributed by atoms with Crippen molar-refractivity contribution in [3.63, 3.8) is 0 Å². The predicted molar refractivity (Wildman–Crippen MR) is 135 cm³/mol. The lowest BCUT2D eigenvalue weighted by Gasteiger charge is -2.29. The number of nitrogens with zero attached hydrogens (tertiary/aromatic N) is 1. The Morgan fingerprint density at radius 2 is 1.67 bits per heavy atom. The van der Waals surface area contributed by atoms with Gasteiger partial charge in [-0.05, 0) is 60.9 Å². The van der Waals surface area contributed by atoms with E-state index in [0.29, 0.717) is 36.3 Å². The molecule has 1 aliphatic heterocycles. The molecule has 0 radical (unpaired) electrons. The summed E-state index contributed by atoms with van der Waals surface area (Å²) in [4.78, 5) is 2.34. The zero-order valence-corrected chi connectivity index (χ0v) is 20.0. The zero-order valence-electron chi connectivity index (χ0n) is 19.3. The Kier molecular flexibility index (Phi) is 7.97. The molecule has 3 aromatic carbocycles. The molecule has 0 bridgehead atoms. The number of aryl methyl sites for hydroxylation is 1. The van der Waals surface area contributed by atoms with Gasteiger partial charge in [-0.2, -0.15) is 0 Å². The van der Waals surface area contributed by atoms with Crippen molar-refractivity contribution in [1.29, 1.82) is 0 Å². The molecule has 4 rings (SSSR count). The Labute approximate surface area is 201 Å². The third-order valence-corrected chi connectivity index (χ3v) is 6.14. The minimum atomic E-state index is 0.468. The number of hydrogen-bond donors (Lipinski definition) is 1. The molecular weight excluding hydrogens is 436 g/mol. The predicted octanol–water partition coefficient (Wildman–Crippen LogP) is 6.07. The second-order valence-electron chi connectivity index (χ2n) is 8.04. The summed E-state index contributed by atoms with van der Waals surface area (Å²) in [6.07, 6.45) is 0. The van der Waals surface area contributed by atoms with Gasteiger partial charge in [0.2, 0.25) is 0 Å². The van der Waals surface area contributed by atoms with Gasteiger partial charge in [-0.25, -0.2) is 0 Å². The van der Waals surface area contributed by atoms with E-state index in [1.165, 1.54) is 11.3 Å². The summed E-state index contributed by atoms with van der Waals surface area (Å²) >= 11 is 6.61. The van der Waals surface area contributed by atoms with Crippen molar-refractivity contribution < 1.29 is 14.2 Å². The summed E-state index contributed by atoms with van der Waals surface area (Å²) in [5.74, 6) is 1.36. The van der Waals surface area contributed by atoms with Crippen LogP contribution in [0.25, 0.3) is 0 Å². The SMILES string of the molecule is CCOc1cc(CNc2ccc(N3CCOCC3)cc2)c(Cl)cc1OCc1ccccc1C. The lowest BCUT2D eigenvalue weighted by Crippen LogP contribution is -2.36. The summed E-state index contributed by atoms with van der Waals surface area (Å²) in [6.45, 7) is 9.09. The third-order valence-electron chi connectivity index (χ3n) is 5.78. The van der Waals surface area contributed by atoms with E-state index in [4.69, 9.17) is 25.8 Å². The molecule has 1 aliphatic rings. The van der Waals surface area contributed by atoms with Crippen LogP contribution in [-0.2, 0) is 17.9 Å². The van der Waals surface area contributed by atoms with Crippen molar-refractivity contribution in [3.8, 4) is 11.5 Å². The molecule has 5 nitrogen and oxygen atoms in total. The first kappa shape index (κ1) is 23.3. The number of hydrogen-bond acceptors (Lipinski definition) is 5. The number of anilines is 2. The van der Waals surface area contributed by atoms with E-state index in [1.807, 2.05) is 31.2 Å². The molecular formula is C27H31ClN2O3. The van der Waals surface area contributed by atoms with Crippen LogP contribution in [0.4, 0.5) is 11.4 Å². The molecule has 3 aromatic rings. The molecule has 1 fully saturated rings. The van der Waals surface area contributed by atoms with E-state index in [1.54, 1.807) is 0 Å². The van der Waals surface area contributed by atoms with Crippen molar-refractivity contribution >= 4 is 23.0 Å². The highest BCUT2D eigenvalue weighted by Crippen LogP contribution is 2.35. The van der Waals surface area contributed by atoms with Crippen molar-refractivity contribution in [3.05, 3.63) is 82.4 Å². The fourth-order valence-electron chi connectivity index (χ4n) is 3.83. The van der Waals surface area contributed by atoms with Gasteiger partial charge in [0, 0.05) is 42.1 Å². The number of ether oxygens (including phenoxy) is 3. The maximum atomic E-state index is 6.61. The number of morpholine rings is 1. The smallest absolute Gasteiger partial charge is 0.163 e. The second-order valence-corrected chi connectivity index (χ2v) is 8.45. The van der Waals surface area contributed by atoms with Crippen molar-refractivity contribution in [2.75, 3.05) is 43.1 Å².